The second-order valence-electron chi connectivity index (χ2n) is 3.68. The lowest BCUT2D eigenvalue weighted by molar-refractivity contribution is 0.104. The highest BCUT2D eigenvalue weighted by atomic mass is 16.5. The molecule has 1 heterocycles. The van der Waals surface area contributed by atoms with E-state index in [0.717, 1.165) is 17.5 Å². The molecule has 0 spiro atoms. The predicted octanol–water partition coefficient (Wildman–Crippen LogP) is 1.81. The van der Waals surface area contributed by atoms with Gasteiger partial charge in [0.05, 0.1) is 6.10 Å². The van der Waals surface area contributed by atoms with Gasteiger partial charge in [-0.3, -0.25) is 4.98 Å². The standard InChI is InChI=1S/C11H18N2O/c1-8-4-10(7-13-6-8)11(12)5-9(2)14-3/h4,6-7,9,11H,5,12H2,1-3H3. The van der Waals surface area contributed by atoms with Crippen LogP contribution < -0.4 is 5.73 Å². The highest BCUT2D eigenvalue weighted by molar-refractivity contribution is 5.19. The van der Waals surface area contributed by atoms with Crippen LogP contribution in [0.3, 0.4) is 0 Å². The monoisotopic (exact) mass is 194 g/mol. The number of hydrogen-bond donors (Lipinski definition) is 1. The Balaban J connectivity index is 2.64. The zero-order chi connectivity index (χ0) is 10.6. The van der Waals surface area contributed by atoms with Crippen molar-refractivity contribution in [1.82, 2.24) is 4.98 Å². The molecule has 1 rings (SSSR count). The van der Waals surface area contributed by atoms with Crippen LogP contribution in [0.25, 0.3) is 0 Å². The second-order valence-corrected chi connectivity index (χ2v) is 3.68. The molecule has 0 amide bonds. The molecule has 0 bridgehead atoms. The number of nitrogens with zero attached hydrogens (tertiary/aromatic N) is 1. The summed E-state index contributed by atoms with van der Waals surface area (Å²) in [5, 5.41) is 0. The van der Waals surface area contributed by atoms with Gasteiger partial charge in [0.2, 0.25) is 0 Å². The summed E-state index contributed by atoms with van der Waals surface area (Å²) in [5.74, 6) is 0. The van der Waals surface area contributed by atoms with E-state index < -0.39 is 0 Å². The first-order valence-corrected chi connectivity index (χ1v) is 4.83. The van der Waals surface area contributed by atoms with Gasteiger partial charge in [-0.05, 0) is 31.4 Å². The van der Waals surface area contributed by atoms with Crippen LogP contribution in [0.15, 0.2) is 18.5 Å². The van der Waals surface area contributed by atoms with Gasteiger partial charge in [0.15, 0.2) is 0 Å². The minimum absolute atomic E-state index is 0.0114. The first-order valence-electron chi connectivity index (χ1n) is 4.83. The Hall–Kier alpha value is -0.930. The third-order valence-electron chi connectivity index (χ3n) is 2.31. The molecule has 0 aliphatic rings. The Bertz CT molecular complexity index is 288. The molecule has 0 aliphatic carbocycles. The lowest BCUT2D eigenvalue weighted by atomic mass is 10.0. The van der Waals surface area contributed by atoms with Crippen LogP contribution in [-0.4, -0.2) is 18.2 Å². The van der Waals surface area contributed by atoms with Crippen molar-refractivity contribution in [3.05, 3.63) is 29.6 Å². The summed E-state index contributed by atoms with van der Waals surface area (Å²) in [7, 11) is 1.70. The minimum atomic E-state index is 0.0114. The highest BCUT2D eigenvalue weighted by Gasteiger charge is 2.10. The summed E-state index contributed by atoms with van der Waals surface area (Å²) in [4.78, 5) is 4.12. The van der Waals surface area contributed by atoms with Crippen molar-refractivity contribution in [3.8, 4) is 0 Å². The third-order valence-corrected chi connectivity index (χ3v) is 2.31. The number of methoxy groups -OCH3 is 1. The average molecular weight is 194 g/mol. The molecule has 2 atom stereocenters. The number of rotatable bonds is 4. The summed E-state index contributed by atoms with van der Waals surface area (Å²) < 4.78 is 5.17. The van der Waals surface area contributed by atoms with E-state index in [1.807, 2.05) is 26.2 Å². The number of pyridine rings is 1. The molecule has 2 N–H and O–H groups in total. The number of ether oxygens (including phenoxy) is 1. The molecule has 3 heteroatoms. The maximum Gasteiger partial charge on any atom is 0.0561 e. The summed E-state index contributed by atoms with van der Waals surface area (Å²) in [6.07, 6.45) is 4.66. The Morgan fingerprint density at radius 2 is 2.21 bits per heavy atom. The van der Waals surface area contributed by atoms with Crippen molar-refractivity contribution < 1.29 is 4.74 Å². The van der Waals surface area contributed by atoms with Gasteiger partial charge in [-0.25, -0.2) is 0 Å². The predicted molar refractivity (Wildman–Crippen MR) is 57.0 cm³/mol. The van der Waals surface area contributed by atoms with E-state index in [2.05, 4.69) is 11.1 Å². The van der Waals surface area contributed by atoms with Crippen molar-refractivity contribution in [1.29, 1.82) is 0 Å². The Labute approximate surface area is 85.3 Å². The fourth-order valence-electron chi connectivity index (χ4n) is 1.37. The van der Waals surface area contributed by atoms with Gasteiger partial charge >= 0.3 is 0 Å². The van der Waals surface area contributed by atoms with Crippen LogP contribution in [0.4, 0.5) is 0 Å². The van der Waals surface area contributed by atoms with E-state index >= 15 is 0 Å². The molecule has 1 aromatic rings. The van der Waals surface area contributed by atoms with E-state index in [1.165, 1.54) is 0 Å². The van der Waals surface area contributed by atoms with Crippen molar-refractivity contribution >= 4 is 0 Å². The van der Waals surface area contributed by atoms with Gasteiger partial charge in [-0.15, -0.1) is 0 Å². The van der Waals surface area contributed by atoms with Gasteiger partial charge in [0.1, 0.15) is 0 Å². The largest absolute Gasteiger partial charge is 0.382 e. The van der Waals surface area contributed by atoms with Crippen LogP contribution >= 0.6 is 0 Å². The Morgan fingerprint density at radius 3 is 2.79 bits per heavy atom. The van der Waals surface area contributed by atoms with E-state index in [9.17, 15) is 0 Å². The fourth-order valence-corrected chi connectivity index (χ4v) is 1.37. The van der Waals surface area contributed by atoms with Crippen LogP contribution in [0, 0.1) is 6.92 Å². The van der Waals surface area contributed by atoms with E-state index in [0.29, 0.717) is 0 Å². The molecule has 3 nitrogen and oxygen atoms in total. The molecule has 1 aromatic heterocycles. The zero-order valence-corrected chi connectivity index (χ0v) is 9.03. The quantitative estimate of drug-likeness (QED) is 0.795. The molecule has 0 fully saturated rings. The van der Waals surface area contributed by atoms with E-state index in [1.54, 1.807) is 7.11 Å². The molecular weight excluding hydrogens is 176 g/mol. The third kappa shape index (κ3) is 3.09. The van der Waals surface area contributed by atoms with Crippen molar-refractivity contribution in [2.45, 2.75) is 32.4 Å². The molecule has 14 heavy (non-hydrogen) atoms. The van der Waals surface area contributed by atoms with Gasteiger partial charge in [0.25, 0.3) is 0 Å². The molecular formula is C11H18N2O. The topological polar surface area (TPSA) is 48.1 Å². The Kier molecular flexibility index (Phi) is 4.04. The SMILES string of the molecule is COC(C)CC(N)c1cncc(C)c1. The summed E-state index contributed by atoms with van der Waals surface area (Å²) in [5.41, 5.74) is 8.24. The molecule has 78 valence electrons. The lowest BCUT2D eigenvalue weighted by Crippen LogP contribution is -2.18. The lowest BCUT2D eigenvalue weighted by Gasteiger charge is -2.16. The first-order chi connectivity index (χ1) is 6.63. The van der Waals surface area contributed by atoms with Crippen molar-refractivity contribution in [2.75, 3.05) is 7.11 Å². The van der Waals surface area contributed by atoms with Crippen LogP contribution in [0.1, 0.15) is 30.5 Å². The number of hydrogen-bond acceptors (Lipinski definition) is 3. The average Bonchev–Trinajstić information content (AvgIpc) is 2.17. The molecule has 0 saturated carbocycles. The maximum absolute atomic E-state index is 6.02. The van der Waals surface area contributed by atoms with Crippen LogP contribution in [0.2, 0.25) is 0 Å². The second kappa shape index (κ2) is 5.08. The molecule has 0 aromatic carbocycles. The maximum atomic E-state index is 6.02. The van der Waals surface area contributed by atoms with Gasteiger partial charge in [-0.1, -0.05) is 6.07 Å². The molecule has 0 saturated heterocycles. The number of nitrogens with two attached hydrogens (primary N) is 1. The fraction of sp³-hybridized carbons (Fsp3) is 0.545. The summed E-state index contributed by atoms with van der Waals surface area (Å²) >= 11 is 0. The van der Waals surface area contributed by atoms with Gasteiger partial charge in [-0.2, -0.15) is 0 Å². The number of aryl methyl sites for hydroxylation is 1. The van der Waals surface area contributed by atoms with Gasteiger partial charge < -0.3 is 10.5 Å². The molecule has 0 radical (unpaired) electrons. The smallest absolute Gasteiger partial charge is 0.0561 e. The first kappa shape index (κ1) is 11.1. The van der Waals surface area contributed by atoms with Crippen molar-refractivity contribution in [2.24, 2.45) is 5.73 Å². The van der Waals surface area contributed by atoms with Crippen molar-refractivity contribution in [3.63, 3.8) is 0 Å². The molecule has 0 aliphatic heterocycles. The Morgan fingerprint density at radius 1 is 1.50 bits per heavy atom. The van der Waals surface area contributed by atoms with Gasteiger partial charge in [0, 0.05) is 25.5 Å². The number of aromatic nitrogens is 1. The van der Waals surface area contributed by atoms with Crippen LogP contribution in [0.5, 0.6) is 0 Å². The normalized spacial score (nSPS) is 15.1. The molecule has 2 unspecified atom stereocenters. The van der Waals surface area contributed by atoms with E-state index in [-0.39, 0.29) is 12.1 Å². The minimum Gasteiger partial charge on any atom is -0.382 e. The van der Waals surface area contributed by atoms with Crippen LogP contribution in [-0.2, 0) is 4.74 Å². The zero-order valence-electron chi connectivity index (χ0n) is 9.03. The summed E-state index contributed by atoms with van der Waals surface area (Å²) in [6, 6.07) is 2.08. The highest BCUT2D eigenvalue weighted by Crippen LogP contribution is 2.16. The van der Waals surface area contributed by atoms with E-state index in [4.69, 9.17) is 10.5 Å². The summed E-state index contributed by atoms with van der Waals surface area (Å²) in [6.45, 7) is 4.03.